The van der Waals surface area contributed by atoms with Crippen molar-refractivity contribution in [3.8, 4) is 10.6 Å². The first-order valence-electron chi connectivity index (χ1n) is 7.56. The van der Waals surface area contributed by atoms with E-state index in [4.69, 9.17) is 0 Å². The summed E-state index contributed by atoms with van der Waals surface area (Å²) in [5.41, 5.74) is 0.176. The van der Waals surface area contributed by atoms with E-state index in [0.29, 0.717) is 12.1 Å². The van der Waals surface area contributed by atoms with Gasteiger partial charge >= 0.3 is 5.97 Å². The molecule has 0 aromatic carbocycles. The molecule has 0 saturated carbocycles. The van der Waals surface area contributed by atoms with Crippen molar-refractivity contribution < 1.29 is 14.7 Å². The minimum absolute atomic E-state index is 0.214. The van der Waals surface area contributed by atoms with Gasteiger partial charge in [0.2, 0.25) is 5.91 Å². The summed E-state index contributed by atoms with van der Waals surface area (Å²) in [6.07, 6.45) is 0.614. The number of aliphatic carboxylic acids is 1. The molecule has 24 heavy (non-hydrogen) atoms. The van der Waals surface area contributed by atoms with Gasteiger partial charge < -0.3 is 10.4 Å². The Labute approximate surface area is 142 Å². The highest BCUT2D eigenvalue weighted by atomic mass is 32.1. The van der Waals surface area contributed by atoms with Crippen LogP contribution in [-0.2, 0) is 16.1 Å². The molecule has 0 fully saturated rings. The van der Waals surface area contributed by atoms with Crippen molar-refractivity contribution in [1.82, 2.24) is 15.1 Å². The number of hydrogen-bond acceptors (Lipinski definition) is 5. The third kappa shape index (κ3) is 4.29. The van der Waals surface area contributed by atoms with Gasteiger partial charge in [-0.15, -0.1) is 11.3 Å². The molecule has 2 aromatic heterocycles. The highest BCUT2D eigenvalue weighted by Crippen LogP contribution is 2.21. The Morgan fingerprint density at radius 2 is 2.12 bits per heavy atom. The van der Waals surface area contributed by atoms with Gasteiger partial charge in [0.05, 0.1) is 4.88 Å². The molecular formula is C16H19N3O4S. The fraction of sp³-hybridized carbons (Fsp3) is 0.375. The number of carbonyl (C=O) groups is 2. The second-order valence-electron chi connectivity index (χ2n) is 5.46. The van der Waals surface area contributed by atoms with E-state index < -0.39 is 23.5 Å². The number of hydrogen-bond donors (Lipinski definition) is 2. The van der Waals surface area contributed by atoms with Crippen molar-refractivity contribution in [2.45, 2.75) is 32.9 Å². The Morgan fingerprint density at radius 1 is 1.38 bits per heavy atom. The summed E-state index contributed by atoms with van der Waals surface area (Å²) < 4.78 is 1.04. The first-order valence-corrected chi connectivity index (χ1v) is 8.44. The third-order valence-corrected chi connectivity index (χ3v) is 4.62. The van der Waals surface area contributed by atoms with Gasteiger partial charge in [0, 0.05) is 6.07 Å². The molecule has 8 heteroatoms. The number of carboxylic acid groups (broad SMARTS) is 1. The number of carbonyl (C=O) groups excluding carboxylic acids is 1. The predicted molar refractivity (Wildman–Crippen MR) is 90.8 cm³/mol. The van der Waals surface area contributed by atoms with E-state index in [-0.39, 0.29) is 12.5 Å². The summed E-state index contributed by atoms with van der Waals surface area (Å²) >= 11 is 1.47. The standard InChI is InChI=1S/C16H19N3O4S/c1-3-10(2)15(16(22)23)17-13(20)9-19-14(21)7-6-11(18-19)12-5-4-8-24-12/h4-8,10,15H,3,9H2,1-2H3,(H,17,20)(H,22,23)/t10-,15+/m0/s1. The average Bonchev–Trinajstić information content (AvgIpc) is 3.08. The number of amides is 1. The normalized spacial score (nSPS) is 13.2. The summed E-state index contributed by atoms with van der Waals surface area (Å²) in [6, 6.07) is 5.69. The van der Waals surface area contributed by atoms with E-state index in [1.807, 2.05) is 24.4 Å². The van der Waals surface area contributed by atoms with Crippen molar-refractivity contribution in [2.24, 2.45) is 5.92 Å². The average molecular weight is 349 g/mol. The fourth-order valence-electron chi connectivity index (χ4n) is 2.16. The van der Waals surface area contributed by atoms with Crippen molar-refractivity contribution in [3.05, 3.63) is 40.0 Å². The van der Waals surface area contributed by atoms with Gasteiger partial charge in [-0.05, 0) is 23.4 Å². The lowest BCUT2D eigenvalue weighted by Gasteiger charge is -2.20. The van der Waals surface area contributed by atoms with Crippen LogP contribution in [0.1, 0.15) is 20.3 Å². The topological polar surface area (TPSA) is 101 Å². The number of carboxylic acids is 1. The van der Waals surface area contributed by atoms with Crippen LogP contribution in [0, 0.1) is 5.92 Å². The van der Waals surface area contributed by atoms with E-state index in [1.165, 1.54) is 17.4 Å². The van der Waals surface area contributed by atoms with Crippen LogP contribution in [0.3, 0.4) is 0 Å². The van der Waals surface area contributed by atoms with Crippen LogP contribution in [0.25, 0.3) is 10.6 Å². The molecule has 2 atom stereocenters. The molecule has 128 valence electrons. The molecule has 0 bridgehead atoms. The molecule has 1 amide bonds. The van der Waals surface area contributed by atoms with Crippen LogP contribution >= 0.6 is 11.3 Å². The Morgan fingerprint density at radius 3 is 2.71 bits per heavy atom. The molecular weight excluding hydrogens is 330 g/mol. The lowest BCUT2D eigenvalue weighted by atomic mass is 9.99. The number of aromatic nitrogens is 2. The molecule has 2 rings (SSSR count). The molecule has 0 aliphatic rings. The molecule has 0 aliphatic carbocycles. The molecule has 2 N–H and O–H groups in total. The first kappa shape index (κ1) is 17.9. The lowest BCUT2D eigenvalue weighted by molar-refractivity contribution is -0.143. The van der Waals surface area contributed by atoms with Crippen LogP contribution in [0.5, 0.6) is 0 Å². The number of nitrogens with zero attached hydrogens (tertiary/aromatic N) is 2. The molecule has 0 aliphatic heterocycles. The van der Waals surface area contributed by atoms with Gasteiger partial charge in [-0.1, -0.05) is 26.3 Å². The Balaban J connectivity index is 2.15. The quantitative estimate of drug-likeness (QED) is 0.790. The van der Waals surface area contributed by atoms with Gasteiger partial charge in [-0.3, -0.25) is 9.59 Å². The maximum Gasteiger partial charge on any atom is 0.326 e. The Hall–Kier alpha value is -2.48. The van der Waals surface area contributed by atoms with E-state index in [0.717, 1.165) is 9.56 Å². The van der Waals surface area contributed by atoms with Gasteiger partial charge in [-0.2, -0.15) is 5.10 Å². The lowest BCUT2D eigenvalue weighted by Crippen LogP contribution is -2.47. The largest absolute Gasteiger partial charge is 0.480 e. The molecule has 0 unspecified atom stereocenters. The summed E-state index contributed by atoms with van der Waals surface area (Å²) in [7, 11) is 0. The van der Waals surface area contributed by atoms with Crippen molar-refractivity contribution >= 4 is 23.2 Å². The van der Waals surface area contributed by atoms with Gasteiger partial charge in [0.1, 0.15) is 18.3 Å². The predicted octanol–water partition coefficient (Wildman–Crippen LogP) is 1.59. The van der Waals surface area contributed by atoms with Crippen LogP contribution in [0.15, 0.2) is 34.4 Å². The zero-order valence-corrected chi connectivity index (χ0v) is 14.2. The number of nitrogens with one attached hydrogen (secondary N) is 1. The number of rotatable bonds is 7. The molecule has 0 spiro atoms. The van der Waals surface area contributed by atoms with Crippen LogP contribution in [0.4, 0.5) is 0 Å². The Bertz CT molecular complexity index is 770. The van der Waals surface area contributed by atoms with E-state index in [2.05, 4.69) is 10.4 Å². The second-order valence-corrected chi connectivity index (χ2v) is 6.41. The van der Waals surface area contributed by atoms with Gasteiger partial charge in [0.15, 0.2) is 0 Å². The smallest absolute Gasteiger partial charge is 0.326 e. The van der Waals surface area contributed by atoms with Crippen LogP contribution in [0.2, 0.25) is 0 Å². The summed E-state index contributed by atoms with van der Waals surface area (Å²) in [4.78, 5) is 36.2. The van der Waals surface area contributed by atoms with Crippen LogP contribution < -0.4 is 10.9 Å². The summed E-state index contributed by atoms with van der Waals surface area (Å²) in [5.74, 6) is -1.86. The monoisotopic (exact) mass is 349 g/mol. The molecule has 2 aromatic rings. The minimum atomic E-state index is -1.09. The minimum Gasteiger partial charge on any atom is -0.480 e. The summed E-state index contributed by atoms with van der Waals surface area (Å²) in [6.45, 7) is 3.28. The van der Waals surface area contributed by atoms with E-state index in [9.17, 15) is 19.5 Å². The fourth-order valence-corrected chi connectivity index (χ4v) is 2.85. The zero-order valence-electron chi connectivity index (χ0n) is 13.4. The highest BCUT2D eigenvalue weighted by molar-refractivity contribution is 7.13. The second kappa shape index (κ2) is 7.87. The van der Waals surface area contributed by atoms with E-state index in [1.54, 1.807) is 13.0 Å². The number of thiophene rings is 1. The van der Waals surface area contributed by atoms with Gasteiger partial charge in [0.25, 0.3) is 5.56 Å². The van der Waals surface area contributed by atoms with Crippen molar-refractivity contribution in [1.29, 1.82) is 0 Å². The summed E-state index contributed by atoms with van der Waals surface area (Å²) in [5, 5.41) is 17.7. The van der Waals surface area contributed by atoms with Crippen molar-refractivity contribution in [3.63, 3.8) is 0 Å². The van der Waals surface area contributed by atoms with Gasteiger partial charge in [-0.25, -0.2) is 9.48 Å². The molecule has 0 saturated heterocycles. The Kier molecular flexibility index (Phi) is 5.86. The highest BCUT2D eigenvalue weighted by Gasteiger charge is 2.25. The zero-order chi connectivity index (χ0) is 17.7. The first-order chi connectivity index (χ1) is 11.4. The molecule has 0 radical (unpaired) electrons. The molecule has 2 heterocycles. The van der Waals surface area contributed by atoms with Crippen LogP contribution in [-0.4, -0.2) is 32.8 Å². The maximum atomic E-state index is 12.1. The van der Waals surface area contributed by atoms with E-state index >= 15 is 0 Å². The molecule has 7 nitrogen and oxygen atoms in total. The SMILES string of the molecule is CC[C@H](C)[C@@H](NC(=O)Cn1nc(-c2cccs2)ccc1=O)C(=O)O. The maximum absolute atomic E-state index is 12.1. The van der Waals surface area contributed by atoms with Crippen molar-refractivity contribution in [2.75, 3.05) is 0 Å². The third-order valence-electron chi connectivity index (χ3n) is 3.73.